The zero-order chi connectivity index (χ0) is 30.7. The van der Waals surface area contributed by atoms with E-state index in [1.807, 2.05) is 52.3 Å². The van der Waals surface area contributed by atoms with Crippen LogP contribution >= 0.6 is 0 Å². The standard InChI is InChI=1S/C35H45N5O4/c1-27-13-17-38(18-14-27)33-12-11-31(24-32(33)37-34(41)44-26-28-7-3-2-4-8-28)30-10-5-9-29(23-30)25-40(16-6-15-36)35(42)39-19-21-43-22-20-39/h2-5,7-12,23-24,27H,6,13-22,25-26,36H2,1H3,(H,37,41). The molecule has 3 aromatic rings. The fourth-order valence-corrected chi connectivity index (χ4v) is 5.76. The molecule has 44 heavy (non-hydrogen) atoms. The van der Waals surface area contributed by atoms with Gasteiger partial charge < -0.3 is 29.9 Å². The Morgan fingerprint density at radius 2 is 1.66 bits per heavy atom. The van der Waals surface area contributed by atoms with Gasteiger partial charge in [-0.2, -0.15) is 0 Å². The zero-order valence-electron chi connectivity index (χ0n) is 25.7. The summed E-state index contributed by atoms with van der Waals surface area (Å²) in [4.78, 5) is 32.4. The van der Waals surface area contributed by atoms with E-state index < -0.39 is 6.09 Å². The number of ether oxygens (including phenoxy) is 2. The van der Waals surface area contributed by atoms with Gasteiger partial charge in [0.1, 0.15) is 6.61 Å². The number of nitrogens with one attached hydrogen (secondary N) is 1. The lowest BCUT2D eigenvalue weighted by atomic mass is 9.97. The molecule has 234 valence electrons. The first-order valence-electron chi connectivity index (χ1n) is 15.8. The molecule has 0 bridgehead atoms. The molecule has 0 spiro atoms. The van der Waals surface area contributed by atoms with Gasteiger partial charge in [0.25, 0.3) is 0 Å². The number of rotatable bonds is 10. The highest BCUT2D eigenvalue weighted by Gasteiger charge is 2.23. The quantitative estimate of drug-likeness (QED) is 0.299. The van der Waals surface area contributed by atoms with Crippen molar-refractivity contribution in [1.82, 2.24) is 9.80 Å². The zero-order valence-corrected chi connectivity index (χ0v) is 25.7. The van der Waals surface area contributed by atoms with Gasteiger partial charge in [-0.3, -0.25) is 5.32 Å². The molecule has 2 fully saturated rings. The van der Waals surface area contributed by atoms with E-state index in [4.69, 9.17) is 15.2 Å². The van der Waals surface area contributed by atoms with E-state index in [1.165, 1.54) is 0 Å². The summed E-state index contributed by atoms with van der Waals surface area (Å²) in [6, 6.07) is 24.2. The van der Waals surface area contributed by atoms with Crippen molar-refractivity contribution in [3.63, 3.8) is 0 Å². The van der Waals surface area contributed by atoms with Crippen LogP contribution in [0.5, 0.6) is 0 Å². The molecule has 0 unspecified atom stereocenters. The van der Waals surface area contributed by atoms with Gasteiger partial charge in [-0.1, -0.05) is 61.5 Å². The molecule has 0 atom stereocenters. The Kier molecular flexibility index (Phi) is 11.1. The number of piperidine rings is 1. The maximum Gasteiger partial charge on any atom is 0.412 e. The summed E-state index contributed by atoms with van der Waals surface area (Å²) in [5.74, 6) is 0.694. The molecule has 5 rings (SSSR count). The number of benzene rings is 3. The smallest absolute Gasteiger partial charge is 0.412 e. The van der Waals surface area contributed by atoms with Crippen LogP contribution in [0.3, 0.4) is 0 Å². The molecule has 0 radical (unpaired) electrons. The monoisotopic (exact) mass is 599 g/mol. The van der Waals surface area contributed by atoms with Gasteiger partial charge in [0.15, 0.2) is 0 Å². The second-order valence-corrected chi connectivity index (χ2v) is 11.7. The van der Waals surface area contributed by atoms with Crippen molar-refractivity contribution >= 4 is 23.5 Å². The minimum absolute atomic E-state index is 0.0212. The minimum Gasteiger partial charge on any atom is -0.444 e. The normalized spacial score (nSPS) is 15.6. The third kappa shape index (κ3) is 8.51. The SMILES string of the molecule is CC1CCN(c2ccc(-c3cccc(CN(CCCN)C(=O)N4CCOCC4)c3)cc2NC(=O)OCc2ccccc2)CC1. The Hall–Kier alpha value is -4.08. The third-order valence-corrected chi connectivity index (χ3v) is 8.39. The summed E-state index contributed by atoms with van der Waals surface area (Å²) >= 11 is 0. The van der Waals surface area contributed by atoms with E-state index in [2.05, 4.69) is 47.5 Å². The number of urea groups is 1. The maximum absolute atomic E-state index is 13.4. The number of carbonyl (C=O) groups excluding carboxylic acids is 2. The molecule has 2 saturated heterocycles. The van der Waals surface area contributed by atoms with Gasteiger partial charge >= 0.3 is 12.1 Å². The molecule has 9 heteroatoms. The Morgan fingerprint density at radius 3 is 2.41 bits per heavy atom. The van der Waals surface area contributed by atoms with Crippen LogP contribution in [0.1, 0.15) is 37.3 Å². The van der Waals surface area contributed by atoms with Crippen molar-refractivity contribution in [2.45, 2.75) is 39.3 Å². The van der Waals surface area contributed by atoms with Gasteiger partial charge in [-0.25, -0.2) is 9.59 Å². The first-order chi connectivity index (χ1) is 21.5. The number of hydrogen-bond donors (Lipinski definition) is 2. The second kappa shape index (κ2) is 15.6. The molecule has 0 saturated carbocycles. The molecular weight excluding hydrogens is 554 g/mol. The number of anilines is 2. The fourth-order valence-electron chi connectivity index (χ4n) is 5.76. The van der Waals surface area contributed by atoms with Crippen molar-refractivity contribution in [3.05, 3.63) is 83.9 Å². The summed E-state index contributed by atoms with van der Waals surface area (Å²) in [5.41, 5.74) is 11.5. The van der Waals surface area contributed by atoms with Crippen LogP contribution in [0.25, 0.3) is 11.1 Å². The molecule has 3 N–H and O–H groups in total. The molecule has 0 aromatic heterocycles. The molecule has 2 heterocycles. The van der Waals surface area contributed by atoms with E-state index >= 15 is 0 Å². The first kappa shape index (κ1) is 31.3. The highest BCUT2D eigenvalue weighted by Crippen LogP contribution is 2.34. The number of amides is 3. The summed E-state index contributed by atoms with van der Waals surface area (Å²) in [6.07, 6.45) is 2.49. The Morgan fingerprint density at radius 1 is 0.932 bits per heavy atom. The second-order valence-electron chi connectivity index (χ2n) is 11.7. The van der Waals surface area contributed by atoms with Crippen molar-refractivity contribution in [1.29, 1.82) is 0 Å². The summed E-state index contributed by atoms with van der Waals surface area (Å²) in [5, 5.41) is 3.04. The molecular formula is C35H45N5O4. The average Bonchev–Trinajstić information content (AvgIpc) is 3.07. The van der Waals surface area contributed by atoms with Crippen molar-refractivity contribution < 1.29 is 19.1 Å². The van der Waals surface area contributed by atoms with Crippen molar-refractivity contribution in [3.8, 4) is 11.1 Å². The number of nitrogens with zero attached hydrogens (tertiary/aromatic N) is 3. The molecule has 2 aliphatic heterocycles. The Labute approximate surface area is 260 Å². The highest BCUT2D eigenvalue weighted by atomic mass is 16.5. The van der Waals surface area contributed by atoms with Crippen LogP contribution in [-0.2, 0) is 22.6 Å². The van der Waals surface area contributed by atoms with E-state index in [0.29, 0.717) is 51.9 Å². The van der Waals surface area contributed by atoms with Gasteiger partial charge in [-0.05, 0) is 72.2 Å². The number of morpholine rings is 1. The van der Waals surface area contributed by atoms with Crippen LogP contribution in [0, 0.1) is 5.92 Å². The van der Waals surface area contributed by atoms with E-state index in [9.17, 15) is 9.59 Å². The summed E-state index contributed by atoms with van der Waals surface area (Å²) in [7, 11) is 0. The van der Waals surface area contributed by atoms with Gasteiger partial charge in [0.2, 0.25) is 0 Å². The van der Waals surface area contributed by atoms with Crippen LogP contribution in [0.2, 0.25) is 0 Å². The van der Waals surface area contributed by atoms with Gasteiger partial charge in [0, 0.05) is 39.3 Å². The fraction of sp³-hybridized carbons (Fsp3) is 0.429. The number of hydrogen-bond acceptors (Lipinski definition) is 6. The van der Waals surface area contributed by atoms with Crippen LogP contribution < -0.4 is 16.0 Å². The highest BCUT2D eigenvalue weighted by molar-refractivity contribution is 5.91. The maximum atomic E-state index is 13.4. The van der Waals surface area contributed by atoms with Crippen LogP contribution in [0.4, 0.5) is 21.0 Å². The molecule has 9 nitrogen and oxygen atoms in total. The molecule has 0 aliphatic carbocycles. The lowest BCUT2D eigenvalue weighted by Crippen LogP contribution is -2.48. The van der Waals surface area contributed by atoms with E-state index in [-0.39, 0.29) is 12.6 Å². The van der Waals surface area contributed by atoms with Crippen molar-refractivity contribution in [2.75, 3.05) is 62.7 Å². The molecule has 3 amide bonds. The number of carbonyl (C=O) groups is 2. The van der Waals surface area contributed by atoms with E-state index in [1.54, 1.807) is 0 Å². The van der Waals surface area contributed by atoms with Crippen molar-refractivity contribution in [2.24, 2.45) is 11.7 Å². The lowest BCUT2D eigenvalue weighted by Gasteiger charge is -2.33. The minimum atomic E-state index is -0.483. The first-order valence-corrected chi connectivity index (χ1v) is 15.8. The molecule has 2 aliphatic rings. The average molecular weight is 600 g/mol. The topological polar surface area (TPSA) is 100 Å². The van der Waals surface area contributed by atoms with Crippen LogP contribution in [0.15, 0.2) is 72.8 Å². The lowest BCUT2D eigenvalue weighted by molar-refractivity contribution is 0.0425. The van der Waals surface area contributed by atoms with E-state index in [0.717, 1.165) is 66.0 Å². The predicted octanol–water partition coefficient (Wildman–Crippen LogP) is 5.94. The predicted molar refractivity (Wildman–Crippen MR) is 175 cm³/mol. The van der Waals surface area contributed by atoms with Crippen LogP contribution in [-0.4, -0.2) is 74.4 Å². The van der Waals surface area contributed by atoms with Gasteiger partial charge in [0.05, 0.1) is 24.6 Å². The summed E-state index contributed by atoms with van der Waals surface area (Å²) in [6.45, 7) is 8.33. The summed E-state index contributed by atoms with van der Waals surface area (Å²) < 4.78 is 11.0. The Bertz CT molecular complexity index is 1370. The largest absolute Gasteiger partial charge is 0.444 e. The number of nitrogens with two attached hydrogens (primary N) is 1. The third-order valence-electron chi connectivity index (χ3n) is 8.39. The Balaban J connectivity index is 1.36. The van der Waals surface area contributed by atoms with Gasteiger partial charge in [-0.15, -0.1) is 0 Å². The molecule has 3 aromatic carbocycles.